The van der Waals surface area contributed by atoms with E-state index in [0.717, 1.165) is 23.3 Å². The van der Waals surface area contributed by atoms with Crippen molar-refractivity contribution in [3.05, 3.63) is 83.9 Å². The lowest BCUT2D eigenvalue weighted by Gasteiger charge is -2.38. The van der Waals surface area contributed by atoms with Gasteiger partial charge in [0.15, 0.2) is 5.75 Å². The Morgan fingerprint density at radius 1 is 1.07 bits per heavy atom. The molecule has 40 heavy (non-hydrogen) atoms. The number of aliphatic hydroxyl groups excluding tert-OH is 1. The number of hydrogen-bond acceptors (Lipinski definition) is 7. The van der Waals surface area contributed by atoms with Gasteiger partial charge in [0, 0.05) is 25.6 Å². The number of fused-ring (bicyclic) bond motifs is 1. The second-order valence-electron chi connectivity index (χ2n) is 10.4. The number of rotatable bonds is 10. The van der Waals surface area contributed by atoms with E-state index in [1.165, 1.54) is 0 Å². The van der Waals surface area contributed by atoms with E-state index in [0.29, 0.717) is 19.6 Å². The Balaban J connectivity index is 1.54. The van der Waals surface area contributed by atoms with Gasteiger partial charge in [-0.1, -0.05) is 43.3 Å². The molecule has 0 aliphatic carbocycles. The summed E-state index contributed by atoms with van der Waals surface area (Å²) in [7, 11) is -1.63. The van der Waals surface area contributed by atoms with Crippen LogP contribution in [0.1, 0.15) is 29.8 Å². The topological polar surface area (TPSA) is 108 Å². The van der Waals surface area contributed by atoms with Crippen molar-refractivity contribution in [2.45, 2.75) is 32.5 Å². The lowest BCUT2D eigenvalue weighted by molar-refractivity contribution is 0.0344. The third-order valence-corrected chi connectivity index (χ3v) is 7.42. The molecule has 1 aliphatic rings. The van der Waals surface area contributed by atoms with Gasteiger partial charge in [-0.2, -0.15) is 0 Å². The van der Waals surface area contributed by atoms with E-state index in [-0.39, 0.29) is 41.5 Å². The number of ether oxygens (including phenoxy) is 2. The van der Waals surface area contributed by atoms with Crippen molar-refractivity contribution in [3.8, 4) is 17.2 Å². The molecule has 0 bridgehead atoms. The fourth-order valence-corrected chi connectivity index (χ4v) is 5.27. The molecule has 0 aromatic heterocycles. The first-order valence-electron chi connectivity index (χ1n) is 13.2. The van der Waals surface area contributed by atoms with Crippen molar-refractivity contribution < 1.29 is 27.8 Å². The second kappa shape index (κ2) is 12.7. The standard InChI is InChI=1S/C30H37N3O6S/c1-21-17-33(22(2)20-34)30(35)26-11-8-12-27(31-40(4,36)37)29(26)39-28(21)19-32(3)18-23-13-15-25(16-14-23)38-24-9-6-5-7-10-24/h5-16,21-22,28,31,34H,17-20H2,1-4H3/t21-,22+,28+/m1/s1. The Hall–Kier alpha value is -3.60. The van der Waals surface area contributed by atoms with Crippen molar-refractivity contribution in [3.63, 3.8) is 0 Å². The number of nitrogens with zero attached hydrogens (tertiary/aromatic N) is 2. The largest absolute Gasteiger partial charge is 0.486 e. The number of anilines is 1. The zero-order valence-corrected chi connectivity index (χ0v) is 24.1. The highest BCUT2D eigenvalue weighted by Crippen LogP contribution is 2.35. The number of likely N-dealkylation sites (N-methyl/N-ethyl adjacent to an activating group) is 1. The van der Waals surface area contributed by atoms with Crippen LogP contribution in [0.5, 0.6) is 17.2 Å². The molecule has 0 radical (unpaired) electrons. The molecule has 4 rings (SSSR count). The van der Waals surface area contributed by atoms with Crippen LogP contribution in [0.2, 0.25) is 0 Å². The van der Waals surface area contributed by atoms with E-state index in [2.05, 4.69) is 9.62 Å². The van der Waals surface area contributed by atoms with Crippen molar-refractivity contribution in [2.24, 2.45) is 5.92 Å². The van der Waals surface area contributed by atoms with Gasteiger partial charge in [-0.25, -0.2) is 8.42 Å². The predicted molar refractivity (Wildman–Crippen MR) is 155 cm³/mol. The predicted octanol–water partition coefficient (Wildman–Crippen LogP) is 4.20. The summed E-state index contributed by atoms with van der Waals surface area (Å²) < 4.78 is 39.0. The third-order valence-electron chi connectivity index (χ3n) is 6.83. The van der Waals surface area contributed by atoms with Gasteiger partial charge in [0.1, 0.15) is 17.6 Å². The van der Waals surface area contributed by atoms with Crippen LogP contribution in [0.25, 0.3) is 0 Å². The molecule has 1 heterocycles. The molecule has 10 heteroatoms. The molecule has 0 spiro atoms. The summed E-state index contributed by atoms with van der Waals surface area (Å²) in [5, 5.41) is 9.85. The first-order valence-corrected chi connectivity index (χ1v) is 15.1. The van der Waals surface area contributed by atoms with E-state index in [1.54, 1.807) is 30.0 Å². The molecule has 3 aromatic carbocycles. The molecular formula is C30H37N3O6S. The summed E-state index contributed by atoms with van der Waals surface area (Å²) in [4.78, 5) is 17.3. The molecule has 214 valence electrons. The fourth-order valence-electron chi connectivity index (χ4n) is 4.71. The van der Waals surface area contributed by atoms with E-state index in [1.807, 2.05) is 68.6 Å². The van der Waals surface area contributed by atoms with Crippen molar-refractivity contribution in [1.29, 1.82) is 0 Å². The third kappa shape index (κ3) is 7.53. The molecular weight excluding hydrogens is 530 g/mol. The van der Waals surface area contributed by atoms with Gasteiger partial charge < -0.3 is 19.5 Å². The Kier molecular flexibility index (Phi) is 9.34. The Morgan fingerprint density at radius 2 is 1.75 bits per heavy atom. The molecule has 0 unspecified atom stereocenters. The minimum atomic E-state index is -3.62. The van der Waals surface area contributed by atoms with Crippen molar-refractivity contribution >= 4 is 21.6 Å². The van der Waals surface area contributed by atoms with Gasteiger partial charge in [0.25, 0.3) is 5.91 Å². The van der Waals surface area contributed by atoms with Crippen LogP contribution in [0.3, 0.4) is 0 Å². The van der Waals surface area contributed by atoms with Crippen LogP contribution in [0, 0.1) is 5.92 Å². The molecule has 0 saturated carbocycles. The maximum atomic E-state index is 13.5. The molecule has 9 nitrogen and oxygen atoms in total. The van der Waals surface area contributed by atoms with Crippen LogP contribution in [0.4, 0.5) is 5.69 Å². The van der Waals surface area contributed by atoms with Crippen LogP contribution in [-0.2, 0) is 16.6 Å². The lowest BCUT2D eigenvalue weighted by atomic mass is 9.99. The molecule has 3 atom stereocenters. The summed E-state index contributed by atoms with van der Waals surface area (Å²) in [6.45, 7) is 5.14. The van der Waals surface area contributed by atoms with Crippen LogP contribution in [-0.4, -0.2) is 74.4 Å². The maximum absolute atomic E-state index is 13.5. The number of para-hydroxylation sites is 2. The van der Waals surface area contributed by atoms with Crippen molar-refractivity contribution in [1.82, 2.24) is 9.80 Å². The lowest BCUT2D eigenvalue weighted by Crippen LogP contribution is -2.49. The number of carbonyl (C=O) groups is 1. The summed E-state index contributed by atoms with van der Waals surface area (Å²) in [6.07, 6.45) is 0.690. The van der Waals surface area contributed by atoms with Crippen LogP contribution < -0.4 is 14.2 Å². The number of amides is 1. The number of hydrogen-bond donors (Lipinski definition) is 2. The quantitative estimate of drug-likeness (QED) is 0.378. The number of carbonyl (C=O) groups excluding carboxylic acids is 1. The first-order chi connectivity index (χ1) is 19.0. The van der Waals surface area contributed by atoms with E-state index >= 15 is 0 Å². The zero-order chi connectivity index (χ0) is 28.9. The maximum Gasteiger partial charge on any atom is 0.258 e. The minimum absolute atomic E-state index is 0.110. The molecule has 0 fully saturated rings. The highest BCUT2D eigenvalue weighted by atomic mass is 32.2. The zero-order valence-electron chi connectivity index (χ0n) is 23.3. The second-order valence-corrected chi connectivity index (χ2v) is 12.2. The monoisotopic (exact) mass is 567 g/mol. The van der Waals surface area contributed by atoms with Gasteiger partial charge >= 0.3 is 0 Å². The fraction of sp³-hybridized carbons (Fsp3) is 0.367. The highest BCUT2D eigenvalue weighted by molar-refractivity contribution is 7.92. The van der Waals surface area contributed by atoms with Gasteiger partial charge in [0.05, 0.1) is 30.2 Å². The normalized spacial score (nSPS) is 18.4. The van der Waals surface area contributed by atoms with Crippen molar-refractivity contribution in [2.75, 3.05) is 37.7 Å². The number of nitrogens with one attached hydrogen (secondary N) is 1. The molecule has 3 aromatic rings. The van der Waals surface area contributed by atoms with Gasteiger partial charge in [-0.3, -0.25) is 14.4 Å². The summed E-state index contributed by atoms with van der Waals surface area (Å²) in [6, 6.07) is 21.9. The average Bonchev–Trinajstić information content (AvgIpc) is 2.91. The van der Waals surface area contributed by atoms with Crippen LogP contribution in [0.15, 0.2) is 72.8 Å². The van der Waals surface area contributed by atoms with Gasteiger partial charge in [-0.15, -0.1) is 0 Å². The molecule has 1 amide bonds. The molecule has 1 aliphatic heterocycles. The van der Waals surface area contributed by atoms with Gasteiger partial charge in [-0.05, 0) is 55.9 Å². The average molecular weight is 568 g/mol. The summed E-state index contributed by atoms with van der Waals surface area (Å²) in [5.41, 5.74) is 1.55. The molecule has 0 saturated heterocycles. The van der Waals surface area contributed by atoms with E-state index < -0.39 is 16.1 Å². The number of sulfonamides is 1. The Morgan fingerprint density at radius 3 is 2.40 bits per heavy atom. The number of benzene rings is 3. The van der Waals surface area contributed by atoms with Crippen LogP contribution >= 0.6 is 0 Å². The van der Waals surface area contributed by atoms with Gasteiger partial charge in [0.2, 0.25) is 10.0 Å². The Labute approximate surface area is 236 Å². The van der Waals surface area contributed by atoms with E-state index in [9.17, 15) is 18.3 Å². The molecule has 2 N–H and O–H groups in total. The first kappa shape index (κ1) is 29.4. The summed E-state index contributed by atoms with van der Waals surface area (Å²) in [5.74, 6) is 1.29. The van der Waals surface area contributed by atoms with E-state index in [4.69, 9.17) is 9.47 Å². The summed E-state index contributed by atoms with van der Waals surface area (Å²) >= 11 is 0. The minimum Gasteiger partial charge on any atom is -0.486 e. The smallest absolute Gasteiger partial charge is 0.258 e. The Bertz CT molecular complexity index is 1400. The SMILES string of the molecule is C[C@@H]1CN([C@@H](C)CO)C(=O)c2cccc(NS(C)(=O)=O)c2O[C@H]1CN(C)Cc1ccc(Oc2ccccc2)cc1. The number of aliphatic hydroxyl groups is 1. The highest BCUT2D eigenvalue weighted by Gasteiger charge is 2.34.